The van der Waals surface area contributed by atoms with Crippen LogP contribution >= 0.6 is 35.3 Å². The average Bonchev–Trinajstić information content (AvgIpc) is 3.35. The van der Waals surface area contributed by atoms with Gasteiger partial charge in [-0.3, -0.25) is 4.79 Å². The van der Waals surface area contributed by atoms with E-state index in [9.17, 15) is 4.79 Å². The van der Waals surface area contributed by atoms with E-state index in [4.69, 9.17) is 17.3 Å². The number of thiocarbonyl (C=S) groups is 1. The molecule has 124 valence electrons. The molecule has 4 rings (SSSR count). The van der Waals surface area contributed by atoms with Gasteiger partial charge in [-0.2, -0.15) is 15.2 Å². The van der Waals surface area contributed by atoms with Gasteiger partial charge in [-0.1, -0.05) is 48.2 Å². The molecule has 1 amide bonds. The highest BCUT2D eigenvalue weighted by Crippen LogP contribution is 2.27. The molecule has 0 radical (unpaired) electrons. The Labute approximate surface area is 158 Å². The van der Waals surface area contributed by atoms with Crippen molar-refractivity contribution in [2.24, 2.45) is 5.10 Å². The summed E-state index contributed by atoms with van der Waals surface area (Å²) in [5.41, 5.74) is 2.62. The molecule has 0 N–H and O–H groups in total. The molecule has 1 fully saturated rings. The van der Waals surface area contributed by atoms with Gasteiger partial charge in [0.15, 0.2) is 4.32 Å². The van der Waals surface area contributed by atoms with Crippen molar-refractivity contribution >= 4 is 51.8 Å². The second-order valence-corrected chi connectivity index (χ2v) is 7.75. The van der Waals surface area contributed by atoms with Gasteiger partial charge in [0, 0.05) is 11.8 Å². The van der Waals surface area contributed by atoms with Crippen molar-refractivity contribution in [1.29, 1.82) is 0 Å². The fourth-order valence-electron chi connectivity index (χ4n) is 2.38. The SMILES string of the molecule is O=C1CSC(=S)N1/N=C/c1cn(-c2ccccc2)nc1-c1cccs1. The lowest BCUT2D eigenvalue weighted by Crippen LogP contribution is -2.22. The Bertz CT molecular complexity index is 932. The molecular formula is C17H12N4OS3. The van der Waals surface area contributed by atoms with E-state index < -0.39 is 0 Å². The summed E-state index contributed by atoms with van der Waals surface area (Å²) in [5.74, 6) is 0.247. The van der Waals surface area contributed by atoms with E-state index in [1.54, 1.807) is 17.6 Å². The number of hydrogen-bond donors (Lipinski definition) is 0. The first-order chi connectivity index (χ1) is 12.2. The summed E-state index contributed by atoms with van der Waals surface area (Å²) in [5, 5.41) is 12.3. The Balaban J connectivity index is 1.74. The first kappa shape index (κ1) is 16.2. The Kier molecular flexibility index (Phi) is 4.48. The first-order valence-corrected chi connectivity index (χ1v) is 9.72. The number of carbonyl (C=O) groups is 1. The molecule has 0 aliphatic carbocycles. The lowest BCUT2D eigenvalue weighted by Gasteiger charge is -2.05. The van der Waals surface area contributed by atoms with Crippen molar-refractivity contribution in [3.8, 4) is 16.3 Å². The number of aromatic nitrogens is 2. The number of thiophene rings is 1. The van der Waals surface area contributed by atoms with Crippen molar-refractivity contribution in [3.05, 3.63) is 59.6 Å². The van der Waals surface area contributed by atoms with Gasteiger partial charge in [0.25, 0.3) is 5.91 Å². The fourth-order valence-corrected chi connectivity index (χ4v) is 4.08. The maximum absolute atomic E-state index is 11.8. The molecule has 25 heavy (non-hydrogen) atoms. The van der Waals surface area contributed by atoms with Crippen LogP contribution < -0.4 is 0 Å². The number of hydrazone groups is 1. The maximum Gasteiger partial charge on any atom is 0.259 e. The van der Waals surface area contributed by atoms with Crippen LogP contribution in [0.1, 0.15) is 5.56 Å². The number of para-hydroxylation sites is 1. The number of nitrogens with zero attached hydrogens (tertiary/aromatic N) is 4. The Morgan fingerprint density at radius 3 is 2.72 bits per heavy atom. The van der Waals surface area contributed by atoms with Gasteiger partial charge in [0.05, 0.1) is 22.5 Å². The molecule has 0 unspecified atom stereocenters. The third-order valence-electron chi connectivity index (χ3n) is 3.56. The van der Waals surface area contributed by atoms with Crippen LogP contribution in [0.4, 0.5) is 0 Å². The van der Waals surface area contributed by atoms with Gasteiger partial charge in [-0.15, -0.1) is 11.3 Å². The molecule has 0 saturated carbocycles. The number of benzene rings is 1. The van der Waals surface area contributed by atoms with Gasteiger partial charge in [-0.05, 0) is 23.6 Å². The van der Waals surface area contributed by atoms with E-state index in [0.717, 1.165) is 21.8 Å². The summed E-state index contributed by atoms with van der Waals surface area (Å²) in [6, 6.07) is 13.9. The van der Waals surface area contributed by atoms with Crippen molar-refractivity contribution < 1.29 is 4.79 Å². The van der Waals surface area contributed by atoms with Crippen molar-refractivity contribution in [2.75, 3.05) is 5.75 Å². The highest BCUT2D eigenvalue weighted by Gasteiger charge is 2.26. The second kappa shape index (κ2) is 6.91. The van der Waals surface area contributed by atoms with E-state index in [1.165, 1.54) is 16.8 Å². The minimum Gasteiger partial charge on any atom is -0.272 e. The topological polar surface area (TPSA) is 50.5 Å². The molecule has 0 atom stereocenters. The molecule has 5 nitrogen and oxygen atoms in total. The van der Waals surface area contributed by atoms with Crippen LogP contribution in [0.2, 0.25) is 0 Å². The summed E-state index contributed by atoms with van der Waals surface area (Å²) in [6.45, 7) is 0. The van der Waals surface area contributed by atoms with E-state index >= 15 is 0 Å². The van der Waals surface area contributed by atoms with Crippen LogP contribution in [-0.4, -0.2) is 37.0 Å². The predicted molar refractivity (Wildman–Crippen MR) is 106 cm³/mol. The summed E-state index contributed by atoms with van der Waals surface area (Å²) in [7, 11) is 0. The van der Waals surface area contributed by atoms with E-state index in [0.29, 0.717) is 10.1 Å². The maximum atomic E-state index is 11.8. The average molecular weight is 385 g/mol. The smallest absolute Gasteiger partial charge is 0.259 e. The molecule has 3 aromatic rings. The zero-order valence-corrected chi connectivity index (χ0v) is 15.4. The molecule has 1 aliphatic heterocycles. The van der Waals surface area contributed by atoms with Gasteiger partial charge in [-0.25, -0.2) is 4.68 Å². The number of thioether (sulfide) groups is 1. The monoisotopic (exact) mass is 384 g/mol. The third-order valence-corrected chi connectivity index (χ3v) is 5.77. The van der Waals surface area contributed by atoms with E-state index in [-0.39, 0.29) is 5.91 Å². The van der Waals surface area contributed by atoms with E-state index in [1.807, 2.05) is 58.7 Å². The zero-order valence-electron chi connectivity index (χ0n) is 12.9. The molecule has 0 spiro atoms. The molecule has 1 aromatic carbocycles. The third kappa shape index (κ3) is 3.28. The van der Waals surface area contributed by atoms with Crippen LogP contribution in [-0.2, 0) is 4.79 Å². The summed E-state index contributed by atoms with van der Waals surface area (Å²) in [6.07, 6.45) is 3.56. The molecule has 2 aromatic heterocycles. The summed E-state index contributed by atoms with van der Waals surface area (Å²) in [4.78, 5) is 12.9. The van der Waals surface area contributed by atoms with Crippen LogP contribution in [0.25, 0.3) is 16.3 Å². The van der Waals surface area contributed by atoms with Crippen LogP contribution in [0.5, 0.6) is 0 Å². The Hall–Kier alpha value is -2.29. The number of hydrogen-bond acceptors (Lipinski definition) is 6. The second-order valence-electron chi connectivity index (χ2n) is 5.20. The van der Waals surface area contributed by atoms with Gasteiger partial charge in [0.1, 0.15) is 5.69 Å². The fraction of sp³-hybridized carbons (Fsp3) is 0.0588. The number of carbonyl (C=O) groups excluding carboxylic acids is 1. The van der Waals surface area contributed by atoms with Crippen molar-refractivity contribution in [2.45, 2.75) is 0 Å². The van der Waals surface area contributed by atoms with Crippen LogP contribution in [0, 0.1) is 0 Å². The van der Waals surface area contributed by atoms with Crippen molar-refractivity contribution in [3.63, 3.8) is 0 Å². The Morgan fingerprint density at radius 2 is 2.04 bits per heavy atom. The van der Waals surface area contributed by atoms with E-state index in [2.05, 4.69) is 5.10 Å². The summed E-state index contributed by atoms with van der Waals surface area (Å²) >= 11 is 8.10. The molecule has 3 heterocycles. The largest absolute Gasteiger partial charge is 0.272 e. The first-order valence-electron chi connectivity index (χ1n) is 7.45. The normalized spacial score (nSPS) is 14.8. The molecular weight excluding hydrogens is 372 g/mol. The molecule has 8 heteroatoms. The lowest BCUT2D eigenvalue weighted by atomic mass is 10.2. The quantitative estimate of drug-likeness (QED) is 0.507. The van der Waals surface area contributed by atoms with Gasteiger partial charge in [0.2, 0.25) is 0 Å². The zero-order chi connectivity index (χ0) is 17.2. The highest BCUT2D eigenvalue weighted by atomic mass is 32.2. The van der Waals surface area contributed by atoms with Gasteiger partial charge >= 0.3 is 0 Å². The minimum absolute atomic E-state index is 0.0978. The highest BCUT2D eigenvalue weighted by molar-refractivity contribution is 8.23. The number of amides is 1. The molecule has 1 aliphatic rings. The Morgan fingerprint density at radius 1 is 1.20 bits per heavy atom. The summed E-state index contributed by atoms with van der Waals surface area (Å²) < 4.78 is 2.30. The van der Waals surface area contributed by atoms with Gasteiger partial charge < -0.3 is 0 Å². The minimum atomic E-state index is -0.0978. The van der Waals surface area contributed by atoms with Crippen LogP contribution in [0.15, 0.2) is 59.1 Å². The van der Waals surface area contributed by atoms with Crippen molar-refractivity contribution in [1.82, 2.24) is 14.8 Å². The predicted octanol–water partition coefficient (Wildman–Crippen LogP) is 3.80. The molecule has 1 saturated heterocycles. The van der Waals surface area contributed by atoms with Crippen LogP contribution in [0.3, 0.4) is 0 Å². The number of rotatable bonds is 4. The standard InChI is InChI=1S/C17H12N4OS3/c22-15-11-25-17(23)21(15)18-9-12-10-20(13-5-2-1-3-6-13)19-16(12)14-7-4-8-24-14/h1-10H,11H2/b18-9+. The molecule has 0 bridgehead atoms. The lowest BCUT2D eigenvalue weighted by molar-refractivity contribution is -0.123.